The highest BCUT2D eigenvalue weighted by Gasteiger charge is 2.30. The fourth-order valence-electron chi connectivity index (χ4n) is 3.53. The Kier molecular flexibility index (Phi) is 7.44. The molecule has 0 fully saturated rings. The average Bonchev–Trinajstić information content (AvgIpc) is 3.29. The van der Waals surface area contributed by atoms with Crippen LogP contribution in [-0.2, 0) is 12.8 Å². The Bertz CT molecular complexity index is 1350. The van der Waals surface area contributed by atoms with Gasteiger partial charge in [-0.1, -0.05) is 24.3 Å². The molecule has 0 aliphatic rings. The van der Waals surface area contributed by atoms with Crippen molar-refractivity contribution in [2.75, 3.05) is 13.2 Å². The molecule has 0 aliphatic heterocycles. The minimum Gasteiger partial charge on any atom is -0.491 e. The molecule has 0 saturated carbocycles. The monoisotopic (exact) mass is 499 g/mol. The second-order valence-electron chi connectivity index (χ2n) is 8.14. The number of imidazole rings is 1. The Morgan fingerprint density at radius 2 is 1.92 bits per heavy atom. The number of nitrogens with one attached hydrogen (secondary N) is 1. The number of aromatic nitrogens is 2. The van der Waals surface area contributed by atoms with Gasteiger partial charge in [0, 0.05) is 18.9 Å². The number of pyridine rings is 1. The molecule has 188 valence electrons. The van der Waals surface area contributed by atoms with Crippen LogP contribution in [0, 0.1) is 6.92 Å². The third-order valence-corrected chi connectivity index (χ3v) is 5.34. The maximum Gasteiger partial charge on any atom is 0.416 e. The number of hydrogen-bond donors (Lipinski definition) is 2. The number of aryl methyl sites for hydroxylation is 1. The summed E-state index contributed by atoms with van der Waals surface area (Å²) in [7, 11) is 0. The number of para-hydroxylation sites is 1. The maximum absolute atomic E-state index is 12.8. The zero-order valence-electron chi connectivity index (χ0n) is 19.3. The zero-order valence-corrected chi connectivity index (χ0v) is 19.3. The van der Waals surface area contributed by atoms with Crippen molar-refractivity contribution in [2.45, 2.75) is 25.8 Å². The molecule has 4 rings (SSSR count). The van der Waals surface area contributed by atoms with E-state index in [0.717, 1.165) is 23.3 Å². The van der Waals surface area contributed by atoms with Crippen molar-refractivity contribution in [3.05, 3.63) is 95.4 Å². The van der Waals surface area contributed by atoms with E-state index in [9.17, 15) is 23.1 Å². The lowest BCUT2D eigenvalue weighted by atomic mass is 10.2. The molecule has 1 amide bonds. The molecule has 36 heavy (non-hydrogen) atoms. The molecule has 2 heterocycles. The molecule has 2 aromatic heterocycles. The minimum absolute atomic E-state index is 0.0314. The van der Waals surface area contributed by atoms with E-state index < -0.39 is 23.8 Å². The fraction of sp³-hybridized carbons (Fsp3) is 0.231. The first-order chi connectivity index (χ1) is 17.2. The van der Waals surface area contributed by atoms with Crippen LogP contribution in [0.4, 0.5) is 13.2 Å². The molecule has 0 spiro atoms. The smallest absolute Gasteiger partial charge is 0.416 e. The van der Waals surface area contributed by atoms with E-state index in [1.807, 2.05) is 35.9 Å². The van der Waals surface area contributed by atoms with E-state index in [-0.39, 0.29) is 31.1 Å². The lowest BCUT2D eigenvalue weighted by Gasteiger charge is -2.15. The van der Waals surface area contributed by atoms with Crippen molar-refractivity contribution in [3.63, 3.8) is 0 Å². The number of fused-ring (bicyclic) bond motifs is 1. The Morgan fingerprint density at radius 3 is 2.69 bits per heavy atom. The number of carbonyl (C=O) groups excluding carboxylic acids is 1. The molecule has 0 bridgehead atoms. The van der Waals surface area contributed by atoms with Gasteiger partial charge < -0.3 is 24.3 Å². The van der Waals surface area contributed by atoms with Crippen molar-refractivity contribution >= 4 is 11.6 Å². The first-order valence-electron chi connectivity index (χ1n) is 11.1. The van der Waals surface area contributed by atoms with Crippen LogP contribution >= 0.6 is 0 Å². The summed E-state index contributed by atoms with van der Waals surface area (Å²) >= 11 is 0. The van der Waals surface area contributed by atoms with Crippen molar-refractivity contribution in [1.29, 1.82) is 0 Å². The van der Waals surface area contributed by atoms with Gasteiger partial charge in [-0.3, -0.25) is 4.79 Å². The minimum atomic E-state index is -4.49. The van der Waals surface area contributed by atoms with Crippen LogP contribution in [0.3, 0.4) is 0 Å². The molecule has 0 radical (unpaired) electrons. The van der Waals surface area contributed by atoms with E-state index in [0.29, 0.717) is 11.4 Å². The predicted molar refractivity (Wildman–Crippen MR) is 126 cm³/mol. The van der Waals surface area contributed by atoms with E-state index in [4.69, 9.17) is 9.47 Å². The highest BCUT2D eigenvalue weighted by molar-refractivity contribution is 5.96. The van der Waals surface area contributed by atoms with Gasteiger partial charge in [-0.15, -0.1) is 0 Å². The second kappa shape index (κ2) is 10.7. The van der Waals surface area contributed by atoms with Gasteiger partial charge in [0.15, 0.2) is 0 Å². The standard InChI is InChI=1S/C26H24F3N3O4/c1-17-6-5-11-32-14-19(31-24(17)32)15-36-23-10-3-2-9-22(23)25(34)30-13-20(33)16-35-21-8-4-7-18(12-21)26(27,28)29/h2-12,14,20,33H,13,15-16H2,1H3,(H,30,34). The Balaban J connectivity index is 1.31. The summed E-state index contributed by atoms with van der Waals surface area (Å²) in [6, 6.07) is 14.9. The lowest BCUT2D eigenvalue weighted by molar-refractivity contribution is -0.137. The van der Waals surface area contributed by atoms with Crippen LogP contribution < -0.4 is 14.8 Å². The average molecular weight is 499 g/mol. The number of carbonyl (C=O) groups is 1. The molecule has 10 heteroatoms. The van der Waals surface area contributed by atoms with Gasteiger partial charge in [0.2, 0.25) is 0 Å². The van der Waals surface area contributed by atoms with Crippen LogP contribution in [0.15, 0.2) is 73.1 Å². The summed E-state index contributed by atoms with van der Waals surface area (Å²) < 4.78 is 51.5. The van der Waals surface area contributed by atoms with E-state index in [2.05, 4.69) is 10.3 Å². The number of nitrogens with zero attached hydrogens (tertiary/aromatic N) is 2. The van der Waals surface area contributed by atoms with Crippen molar-refractivity contribution < 1.29 is 32.5 Å². The number of aliphatic hydroxyl groups is 1. The van der Waals surface area contributed by atoms with Gasteiger partial charge in [0.1, 0.15) is 36.5 Å². The number of ether oxygens (including phenoxy) is 2. The van der Waals surface area contributed by atoms with E-state index in [1.165, 1.54) is 12.1 Å². The molecule has 1 unspecified atom stereocenters. The molecular formula is C26H24F3N3O4. The summed E-state index contributed by atoms with van der Waals surface area (Å²) in [6.45, 7) is 1.65. The number of hydrogen-bond acceptors (Lipinski definition) is 5. The van der Waals surface area contributed by atoms with Gasteiger partial charge in [-0.2, -0.15) is 13.2 Å². The van der Waals surface area contributed by atoms with Gasteiger partial charge in [-0.05, 0) is 48.9 Å². The first kappa shape index (κ1) is 25.1. The third-order valence-electron chi connectivity index (χ3n) is 5.34. The summed E-state index contributed by atoms with van der Waals surface area (Å²) in [5.74, 6) is -0.163. The van der Waals surface area contributed by atoms with Crippen LogP contribution in [0.5, 0.6) is 11.5 Å². The second-order valence-corrected chi connectivity index (χ2v) is 8.14. The molecule has 0 saturated heterocycles. The van der Waals surface area contributed by atoms with Crippen LogP contribution in [0.25, 0.3) is 5.65 Å². The summed E-state index contributed by atoms with van der Waals surface area (Å²) in [4.78, 5) is 17.3. The van der Waals surface area contributed by atoms with Crippen LogP contribution in [0.1, 0.15) is 27.2 Å². The topological polar surface area (TPSA) is 85.1 Å². The molecule has 2 N–H and O–H groups in total. The quantitative estimate of drug-likeness (QED) is 0.356. The number of amides is 1. The number of alkyl halides is 3. The van der Waals surface area contributed by atoms with Crippen molar-refractivity contribution in [3.8, 4) is 11.5 Å². The Hall–Kier alpha value is -4.05. The predicted octanol–water partition coefficient (Wildman–Crippen LogP) is 4.41. The summed E-state index contributed by atoms with van der Waals surface area (Å²) in [5, 5.41) is 12.7. The highest BCUT2D eigenvalue weighted by atomic mass is 19.4. The normalized spacial score (nSPS) is 12.4. The summed E-state index contributed by atoms with van der Waals surface area (Å²) in [6.07, 6.45) is -1.89. The number of rotatable bonds is 9. The van der Waals surface area contributed by atoms with Crippen molar-refractivity contribution in [1.82, 2.24) is 14.7 Å². The molecular weight excluding hydrogens is 475 g/mol. The Labute approximate surface area is 205 Å². The van der Waals surface area contributed by atoms with Gasteiger partial charge >= 0.3 is 6.18 Å². The molecule has 2 aromatic carbocycles. The zero-order chi connectivity index (χ0) is 25.7. The molecule has 0 aliphatic carbocycles. The fourth-order valence-corrected chi connectivity index (χ4v) is 3.53. The van der Waals surface area contributed by atoms with Gasteiger partial charge in [0.25, 0.3) is 5.91 Å². The molecule has 7 nitrogen and oxygen atoms in total. The SMILES string of the molecule is Cc1cccn2cc(COc3ccccc3C(=O)NCC(O)COc3cccc(C(F)(F)F)c3)nc12. The number of aliphatic hydroxyl groups excluding tert-OH is 1. The summed E-state index contributed by atoms with van der Waals surface area (Å²) in [5.41, 5.74) is 1.96. The van der Waals surface area contributed by atoms with Crippen LogP contribution in [-0.4, -0.2) is 39.7 Å². The van der Waals surface area contributed by atoms with Crippen molar-refractivity contribution in [2.24, 2.45) is 0 Å². The molecule has 4 aromatic rings. The highest BCUT2D eigenvalue weighted by Crippen LogP contribution is 2.31. The maximum atomic E-state index is 12.8. The van der Waals surface area contributed by atoms with Crippen LogP contribution in [0.2, 0.25) is 0 Å². The van der Waals surface area contributed by atoms with E-state index in [1.54, 1.807) is 24.3 Å². The van der Waals surface area contributed by atoms with Gasteiger partial charge in [0.05, 0.1) is 16.8 Å². The van der Waals surface area contributed by atoms with Gasteiger partial charge in [-0.25, -0.2) is 4.98 Å². The molecule has 1 atom stereocenters. The Morgan fingerprint density at radius 1 is 1.11 bits per heavy atom. The lowest BCUT2D eigenvalue weighted by Crippen LogP contribution is -2.35. The third kappa shape index (κ3) is 6.14. The first-order valence-corrected chi connectivity index (χ1v) is 11.1. The number of halogens is 3. The largest absolute Gasteiger partial charge is 0.491 e. The number of benzene rings is 2. The van der Waals surface area contributed by atoms with E-state index >= 15 is 0 Å².